The molecule has 0 radical (unpaired) electrons. The Morgan fingerprint density at radius 3 is 1.56 bits per heavy atom. The van der Waals surface area contributed by atoms with E-state index in [-0.39, 0.29) is 31.0 Å². The van der Waals surface area contributed by atoms with Crippen LogP contribution in [0.4, 0.5) is 21.2 Å². The van der Waals surface area contributed by atoms with Crippen LogP contribution in [0.25, 0.3) is 33.5 Å². The number of aliphatic hydroxyl groups excluding tert-OH is 1. The smallest absolute Gasteiger partial charge is 0.411 e. The average molecular weight is 883 g/mol. The maximum atomic E-state index is 12.9. The van der Waals surface area contributed by atoms with E-state index in [1.807, 2.05) is 53.3 Å². The van der Waals surface area contributed by atoms with Crippen LogP contribution in [0.1, 0.15) is 90.4 Å². The van der Waals surface area contributed by atoms with Crippen LogP contribution in [0.3, 0.4) is 0 Å². The molecule has 0 saturated carbocycles. The molecule has 2 saturated heterocycles. The Morgan fingerprint density at radius 2 is 1.14 bits per heavy atom. The average Bonchev–Trinajstić information content (AvgIpc) is 4.06. The predicted octanol–water partition coefficient (Wildman–Crippen LogP) is 4.56. The summed E-state index contributed by atoms with van der Waals surface area (Å²) in [6.45, 7) is 11.4. The monoisotopic (exact) mass is 882 g/mol. The fourth-order valence-corrected chi connectivity index (χ4v) is 8.08. The number of carbonyl (C=O) groups excluding carboxylic acids is 3. The fraction of sp³-hybridized carbons (Fsp3) is 0.512. The van der Waals surface area contributed by atoms with Crippen LogP contribution in [0.5, 0.6) is 0 Å². The summed E-state index contributed by atoms with van der Waals surface area (Å²) in [5.74, 6) is 0.283. The molecule has 0 aliphatic carbocycles. The normalized spacial score (nSPS) is 19.3. The van der Waals surface area contributed by atoms with Crippen LogP contribution < -0.4 is 11.5 Å². The summed E-state index contributed by atoms with van der Waals surface area (Å²) in [6, 6.07) is 2.60. The number of carbonyl (C=O) groups is 3. The molecular weight excluding hydrogens is 825 g/mol. The summed E-state index contributed by atoms with van der Waals surface area (Å²) < 4.78 is 22.7. The highest BCUT2D eigenvalue weighted by Gasteiger charge is 2.40. The fourth-order valence-electron chi connectivity index (χ4n) is 8.08. The van der Waals surface area contributed by atoms with Crippen molar-refractivity contribution < 1.29 is 33.7 Å². The highest BCUT2D eigenvalue weighted by atomic mass is 16.6. The molecule has 2 amide bonds. The zero-order valence-corrected chi connectivity index (χ0v) is 37.8. The zero-order chi connectivity index (χ0) is 46.2. The second-order valence-electron chi connectivity index (χ2n) is 18.3. The van der Waals surface area contributed by atoms with Gasteiger partial charge in [0.1, 0.15) is 28.9 Å². The van der Waals surface area contributed by atoms with Gasteiger partial charge in [0.15, 0.2) is 11.3 Å². The first-order valence-electron chi connectivity index (χ1n) is 21.2. The van der Waals surface area contributed by atoms with Gasteiger partial charge >= 0.3 is 18.2 Å². The van der Waals surface area contributed by atoms with E-state index in [0.29, 0.717) is 48.7 Å². The number of nitrogens with two attached hydrogens (primary N) is 2. The maximum absolute atomic E-state index is 12.9. The lowest BCUT2D eigenvalue weighted by Gasteiger charge is -2.39. The van der Waals surface area contributed by atoms with Crippen molar-refractivity contribution in [2.24, 2.45) is 14.1 Å². The number of hydrogen-bond acceptors (Lipinski definition) is 15. The van der Waals surface area contributed by atoms with E-state index in [1.54, 1.807) is 74.9 Å². The van der Waals surface area contributed by atoms with E-state index in [9.17, 15) is 19.5 Å². The van der Waals surface area contributed by atoms with Gasteiger partial charge in [-0.15, -0.1) is 0 Å². The van der Waals surface area contributed by atoms with Crippen molar-refractivity contribution in [3.05, 3.63) is 60.7 Å². The van der Waals surface area contributed by atoms with Gasteiger partial charge in [0.05, 0.1) is 55.9 Å². The summed E-state index contributed by atoms with van der Waals surface area (Å²) in [7, 11) is 5.01. The highest BCUT2D eigenvalue weighted by Crippen LogP contribution is 2.35. The molecule has 2 aliphatic rings. The van der Waals surface area contributed by atoms with Crippen molar-refractivity contribution in [1.29, 1.82) is 0 Å². The quantitative estimate of drug-likeness (QED) is 0.153. The number of nitrogens with zero attached hydrogens (tertiary/aromatic N) is 12. The standard InChI is InChI=1S/C22H29N7O4.C21H29N7O3/c1-22(2,3)33-21(31)28-12-13(6-7-17(28)20(30)32-5)16-8-18(23)29-19(26-16)15(10-25-29)14-9-24-27(4)11-14;1-21(2,3)31-20(30)27-11-13(5-6-15(27)12-29)17-7-18(22)28-19(25-17)16(9-24-28)14-8-23-26(4)10-14/h8-11,13,17H,6-7,12,23H2,1-5H3;7-10,13,15,29H,5-6,11-12,22H2,1-4H3/t13-,17-;13-,15-/m00/s1. The number of amides is 2. The van der Waals surface area contributed by atoms with E-state index in [2.05, 4.69) is 20.4 Å². The van der Waals surface area contributed by atoms with Crippen LogP contribution >= 0.6 is 0 Å². The van der Waals surface area contributed by atoms with Gasteiger partial charge < -0.3 is 35.7 Å². The number of aliphatic hydroxyl groups is 1. The molecule has 2 aliphatic heterocycles. The minimum atomic E-state index is -0.705. The molecule has 0 bridgehead atoms. The van der Waals surface area contributed by atoms with Crippen molar-refractivity contribution in [3.63, 3.8) is 0 Å². The molecule has 342 valence electrons. The van der Waals surface area contributed by atoms with Gasteiger partial charge in [0.2, 0.25) is 0 Å². The largest absolute Gasteiger partial charge is 0.467 e. The van der Waals surface area contributed by atoms with Crippen molar-refractivity contribution in [1.82, 2.24) is 58.6 Å². The molecule has 8 rings (SSSR count). The first-order chi connectivity index (χ1) is 30.2. The molecule has 5 N–H and O–H groups in total. The number of fused-ring (bicyclic) bond motifs is 2. The molecule has 8 heterocycles. The van der Waals surface area contributed by atoms with Crippen molar-refractivity contribution in [2.45, 2.75) is 102 Å². The molecule has 21 nitrogen and oxygen atoms in total. The number of aromatic nitrogens is 10. The number of likely N-dealkylation sites (tertiary alicyclic amines) is 2. The van der Waals surface area contributed by atoms with Crippen molar-refractivity contribution >= 4 is 41.1 Å². The van der Waals surface area contributed by atoms with Gasteiger partial charge in [-0.1, -0.05) is 0 Å². The Bertz CT molecular complexity index is 2650. The molecule has 0 aromatic carbocycles. The predicted molar refractivity (Wildman–Crippen MR) is 236 cm³/mol. The minimum Gasteiger partial charge on any atom is -0.467 e. The topological polar surface area (TPSA) is 254 Å². The lowest BCUT2D eigenvalue weighted by Crippen LogP contribution is -2.52. The van der Waals surface area contributed by atoms with Crippen LogP contribution in [-0.2, 0) is 33.1 Å². The van der Waals surface area contributed by atoms with Gasteiger partial charge in [-0.25, -0.2) is 24.4 Å². The Balaban J connectivity index is 0.000000192. The summed E-state index contributed by atoms with van der Waals surface area (Å²) in [6.07, 6.45) is 12.2. The molecule has 6 aromatic heterocycles. The number of aryl methyl sites for hydroxylation is 2. The lowest BCUT2D eigenvalue weighted by atomic mass is 9.90. The number of ether oxygens (including phenoxy) is 3. The van der Waals surface area contributed by atoms with Gasteiger partial charge in [0.25, 0.3) is 0 Å². The molecule has 4 atom stereocenters. The van der Waals surface area contributed by atoms with E-state index in [0.717, 1.165) is 40.1 Å². The summed E-state index contributed by atoms with van der Waals surface area (Å²) in [4.78, 5) is 50.8. The number of anilines is 2. The Kier molecular flexibility index (Phi) is 12.6. The first-order valence-corrected chi connectivity index (χ1v) is 21.2. The van der Waals surface area contributed by atoms with Crippen molar-refractivity contribution in [3.8, 4) is 22.3 Å². The van der Waals surface area contributed by atoms with E-state index in [1.165, 1.54) is 12.0 Å². The lowest BCUT2D eigenvalue weighted by molar-refractivity contribution is -0.148. The van der Waals surface area contributed by atoms with Gasteiger partial charge in [-0.3, -0.25) is 14.3 Å². The zero-order valence-electron chi connectivity index (χ0n) is 37.8. The Morgan fingerprint density at radius 1 is 0.688 bits per heavy atom. The second-order valence-corrected chi connectivity index (χ2v) is 18.3. The molecule has 0 spiro atoms. The molecule has 0 unspecified atom stereocenters. The number of esters is 1. The van der Waals surface area contributed by atoms with Gasteiger partial charge in [0, 0.05) is 85.8 Å². The summed E-state index contributed by atoms with van der Waals surface area (Å²) in [5.41, 5.74) is 17.5. The second kappa shape index (κ2) is 17.8. The number of methoxy groups -OCH3 is 1. The third kappa shape index (κ3) is 9.73. The van der Waals surface area contributed by atoms with Crippen molar-refractivity contribution in [2.75, 3.05) is 38.3 Å². The maximum Gasteiger partial charge on any atom is 0.411 e. The molecule has 2 fully saturated rings. The molecule has 21 heteroatoms. The van der Waals surface area contributed by atoms with Crippen LogP contribution in [0.2, 0.25) is 0 Å². The summed E-state index contributed by atoms with van der Waals surface area (Å²) >= 11 is 0. The SMILES string of the molecule is COC(=O)[C@@H]1CC[C@H](c2cc(N)n3ncc(-c4cnn(C)c4)c3n2)CN1C(=O)OC(C)(C)C.Cn1cc(-c2cnn3c(N)cc([C@H]4CC[C@@H](CO)N(C(=O)OC(C)(C)C)C4)nc23)cn1. The van der Waals surface area contributed by atoms with E-state index in [4.69, 9.17) is 35.6 Å². The molecule has 6 aromatic rings. The molecule has 64 heavy (non-hydrogen) atoms. The number of nitrogen functional groups attached to an aromatic ring is 2. The Labute approximate surface area is 370 Å². The highest BCUT2D eigenvalue weighted by molar-refractivity contribution is 5.82. The summed E-state index contributed by atoms with van der Waals surface area (Å²) in [5, 5.41) is 27.0. The Hall–Kier alpha value is -6.77. The van der Waals surface area contributed by atoms with E-state index >= 15 is 0 Å². The third-order valence-corrected chi connectivity index (χ3v) is 11.1. The first kappa shape index (κ1) is 45.3. The minimum absolute atomic E-state index is 0.0285. The molecular formula is C43H58N14O7. The van der Waals surface area contributed by atoms with Crippen LogP contribution in [-0.4, -0.2) is 132 Å². The van der Waals surface area contributed by atoms with Crippen LogP contribution in [0, 0.1) is 0 Å². The number of piperidine rings is 2. The number of rotatable bonds is 6. The van der Waals surface area contributed by atoms with Crippen LogP contribution in [0.15, 0.2) is 49.3 Å². The number of hydrogen-bond donors (Lipinski definition) is 3. The van der Waals surface area contributed by atoms with E-state index < -0.39 is 35.4 Å². The van der Waals surface area contributed by atoms with Gasteiger partial charge in [-0.05, 0) is 67.2 Å². The van der Waals surface area contributed by atoms with Gasteiger partial charge in [-0.2, -0.15) is 29.4 Å². The third-order valence-electron chi connectivity index (χ3n) is 11.1.